The Morgan fingerprint density at radius 3 is 2.56 bits per heavy atom. The van der Waals surface area contributed by atoms with Crippen LogP contribution in [-0.4, -0.2) is 10.3 Å². The maximum atomic E-state index is 11.6. The number of halogens is 2. The zero-order chi connectivity index (χ0) is 13.1. The molecule has 0 saturated carbocycles. The van der Waals surface area contributed by atoms with Gasteiger partial charge in [0.2, 0.25) is 0 Å². The Kier molecular flexibility index (Phi) is 4.50. The van der Waals surface area contributed by atoms with E-state index in [1.165, 1.54) is 0 Å². The molecular weight excluding hydrogens is 313 g/mol. The molecule has 0 spiro atoms. The highest BCUT2D eigenvalue weighted by Crippen LogP contribution is 2.34. The van der Waals surface area contributed by atoms with E-state index in [0.29, 0.717) is 14.4 Å². The summed E-state index contributed by atoms with van der Waals surface area (Å²) >= 11 is 13.4. The van der Waals surface area contributed by atoms with Crippen LogP contribution in [0.15, 0.2) is 28.6 Å². The molecule has 7 heteroatoms. The van der Waals surface area contributed by atoms with Gasteiger partial charge in [-0.3, -0.25) is 0 Å². The highest BCUT2D eigenvalue weighted by molar-refractivity contribution is 8.14. The fourth-order valence-corrected chi connectivity index (χ4v) is 3.26. The molecule has 2 aromatic rings. The number of rotatable bonds is 2. The Morgan fingerprint density at radius 2 is 2.00 bits per heavy atom. The standard InChI is InChI=1S/C11H7Cl2NO2S2/c1-6-2-4-7(5-3-6)16-11(15)18-10-14-8(12)9(13)17-10/h2-5H,1H3. The van der Waals surface area contributed by atoms with E-state index in [4.69, 9.17) is 27.9 Å². The van der Waals surface area contributed by atoms with E-state index in [1.54, 1.807) is 12.1 Å². The maximum absolute atomic E-state index is 11.6. The number of hydrogen-bond donors (Lipinski definition) is 0. The molecule has 94 valence electrons. The molecular formula is C11H7Cl2NO2S2. The molecule has 1 aromatic heterocycles. The molecule has 1 heterocycles. The van der Waals surface area contributed by atoms with Crippen molar-refractivity contribution in [2.45, 2.75) is 11.3 Å². The van der Waals surface area contributed by atoms with Gasteiger partial charge in [0.15, 0.2) is 9.49 Å². The molecule has 3 nitrogen and oxygen atoms in total. The first-order valence-corrected chi connectivity index (χ1v) is 7.21. The van der Waals surface area contributed by atoms with Crippen molar-refractivity contribution in [3.8, 4) is 5.75 Å². The quantitative estimate of drug-likeness (QED) is 0.573. The van der Waals surface area contributed by atoms with Crippen LogP contribution in [0.1, 0.15) is 5.56 Å². The Labute approximate surface area is 122 Å². The number of aryl methyl sites for hydroxylation is 1. The van der Waals surface area contributed by atoms with Crippen molar-refractivity contribution in [3.05, 3.63) is 39.3 Å². The number of thiazole rings is 1. The average Bonchev–Trinajstić information content (AvgIpc) is 2.61. The molecule has 1 aromatic carbocycles. The molecule has 0 bridgehead atoms. The third-order valence-corrected chi connectivity index (χ3v) is 4.47. The molecule has 0 radical (unpaired) electrons. The molecule has 0 aliphatic heterocycles. The van der Waals surface area contributed by atoms with E-state index in [-0.39, 0.29) is 5.15 Å². The van der Waals surface area contributed by atoms with Gasteiger partial charge in [0.1, 0.15) is 10.1 Å². The highest BCUT2D eigenvalue weighted by Gasteiger charge is 2.13. The lowest BCUT2D eigenvalue weighted by molar-refractivity contribution is 0.227. The van der Waals surface area contributed by atoms with E-state index < -0.39 is 5.30 Å². The predicted octanol–water partition coefficient (Wildman–Crippen LogP) is 5.05. The third-order valence-electron chi connectivity index (χ3n) is 1.92. The number of carbonyl (C=O) groups excluding carboxylic acids is 1. The minimum atomic E-state index is -0.471. The zero-order valence-electron chi connectivity index (χ0n) is 9.15. The van der Waals surface area contributed by atoms with E-state index in [2.05, 4.69) is 4.98 Å². The van der Waals surface area contributed by atoms with Gasteiger partial charge in [-0.15, -0.1) is 0 Å². The van der Waals surface area contributed by atoms with E-state index in [0.717, 1.165) is 28.7 Å². The van der Waals surface area contributed by atoms with Crippen molar-refractivity contribution in [2.75, 3.05) is 0 Å². The number of carbonyl (C=O) groups is 1. The van der Waals surface area contributed by atoms with Crippen LogP contribution < -0.4 is 4.74 Å². The summed E-state index contributed by atoms with van der Waals surface area (Å²) in [5.41, 5.74) is 1.10. The zero-order valence-corrected chi connectivity index (χ0v) is 12.3. The monoisotopic (exact) mass is 319 g/mol. The van der Waals surface area contributed by atoms with E-state index in [1.807, 2.05) is 19.1 Å². The Balaban J connectivity index is 1.98. The van der Waals surface area contributed by atoms with Crippen LogP contribution in [0.3, 0.4) is 0 Å². The van der Waals surface area contributed by atoms with Gasteiger partial charge < -0.3 is 4.74 Å². The summed E-state index contributed by atoms with van der Waals surface area (Å²) in [5.74, 6) is 0.492. The predicted molar refractivity (Wildman–Crippen MR) is 75.2 cm³/mol. The summed E-state index contributed by atoms with van der Waals surface area (Å²) in [5, 5.41) is -0.270. The molecule has 0 fully saturated rings. The summed E-state index contributed by atoms with van der Waals surface area (Å²) in [4.78, 5) is 15.5. The minimum absolute atomic E-state index is 0.201. The number of aromatic nitrogens is 1. The van der Waals surface area contributed by atoms with Crippen LogP contribution >= 0.6 is 46.3 Å². The molecule has 0 amide bonds. The fraction of sp³-hybridized carbons (Fsp3) is 0.0909. The summed E-state index contributed by atoms with van der Waals surface area (Å²) in [6.45, 7) is 1.96. The van der Waals surface area contributed by atoms with Crippen molar-refractivity contribution in [1.29, 1.82) is 0 Å². The first kappa shape index (κ1) is 13.7. The normalized spacial score (nSPS) is 10.4. The Hall–Kier alpha value is -0.750. The van der Waals surface area contributed by atoms with Gasteiger partial charge in [-0.25, -0.2) is 9.78 Å². The molecule has 18 heavy (non-hydrogen) atoms. The van der Waals surface area contributed by atoms with Crippen molar-refractivity contribution < 1.29 is 9.53 Å². The summed E-state index contributed by atoms with van der Waals surface area (Å²) in [7, 11) is 0. The lowest BCUT2D eigenvalue weighted by Gasteiger charge is -2.02. The second-order valence-corrected chi connectivity index (χ2v) is 6.45. The number of thioether (sulfide) groups is 1. The van der Waals surface area contributed by atoms with Gasteiger partial charge in [-0.1, -0.05) is 52.2 Å². The molecule has 0 unspecified atom stereocenters. The van der Waals surface area contributed by atoms with Gasteiger partial charge in [-0.2, -0.15) is 0 Å². The van der Waals surface area contributed by atoms with E-state index >= 15 is 0 Å². The summed E-state index contributed by atoms with van der Waals surface area (Å²) < 4.78 is 5.95. The first-order valence-electron chi connectivity index (χ1n) is 4.83. The van der Waals surface area contributed by atoms with Crippen LogP contribution in [0.4, 0.5) is 4.79 Å². The van der Waals surface area contributed by atoms with Crippen molar-refractivity contribution in [2.24, 2.45) is 0 Å². The van der Waals surface area contributed by atoms with Crippen LogP contribution in [0.25, 0.3) is 0 Å². The van der Waals surface area contributed by atoms with Crippen molar-refractivity contribution in [3.63, 3.8) is 0 Å². The molecule has 0 aliphatic carbocycles. The largest absolute Gasteiger partial charge is 0.418 e. The summed E-state index contributed by atoms with van der Waals surface area (Å²) in [6, 6.07) is 7.19. The number of benzene rings is 1. The van der Waals surface area contributed by atoms with E-state index in [9.17, 15) is 4.79 Å². The van der Waals surface area contributed by atoms with Crippen molar-refractivity contribution in [1.82, 2.24) is 4.98 Å². The first-order chi connectivity index (χ1) is 8.54. The average molecular weight is 320 g/mol. The number of nitrogens with zero attached hydrogens (tertiary/aromatic N) is 1. The second kappa shape index (κ2) is 5.93. The van der Waals surface area contributed by atoms with Crippen LogP contribution in [0.2, 0.25) is 9.49 Å². The summed E-state index contributed by atoms with van der Waals surface area (Å²) in [6.07, 6.45) is 0. The molecule has 0 N–H and O–H groups in total. The second-order valence-electron chi connectivity index (χ2n) is 3.31. The van der Waals surface area contributed by atoms with Gasteiger partial charge in [0, 0.05) is 11.8 Å². The van der Waals surface area contributed by atoms with Gasteiger partial charge in [-0.05, 0) is 19.1 Å². The van der Waals surface area contributed by atoms with Gasteiger partial charge >= 0.3 is 5.30 Å². The maximum Gasteiger partial charge on any atom is 0.379 e. The molecule has 2 rings (SSSR count). The minimum Gasteiger partial charge on any atom is -0.418 e. The van der Waals surface area contributed by atoms with Gasteiger partial charge in [0.05, 0.1) is 0 Å². The smallest absolute Gasteiger partial charge is 0.379 e. The molecule has 0 atom stereocenters. The number of hydrogen-bond acceptors (Lipinski definition) is 5. The highest BCUT2D eigenvalue weighted by atomic mass is 35.5. The van der Waals surface area contributed by atoms with Crippen LogP contribution in [-0.2, 0) is 0 Å². The van der Waals surface area contributed by atoms with Crippen LogP contribution in [0.5, 0.6) is 5.75 Å². The van der Waals surface area contributed by atoms with Gasteiger partial charge in [0.25, 0.3) is 0 Å². The lowest BCUT2D eigenvalue weighted by atomic mass is 10.2. The fourth-order valence-electron chi connectivity index (χ4n) is 1.10. The number of ether oxygens (including phenoxy) is 1. The lowest BCUT2D eigenvalue weighted by Crippen LogP contribution is -1.99. The molecule has 0 saturated heterocycles. The Morgan fingerprint density at radius 1 is 1.33 bits per heavy atom. The van der Waals surface area contributed by atoms with Crippen molar-refractivity contribution >= 4 is 51.6 Å². The van der Waals surface area contributed by atoms with Crippen LogP contribution in [0, 0.1) is 6.92 Å². The topological polar surface area (TPSA) is 39.2 Å². The third kappa shape index (κ3) is 3.62. The SMILES string of the molecule is Cc1ccc(OC(=O)Sc2nc(Cl)c(Cl)s2)cc1. The Bertz CT molecular complexity index is 549. The molecule has 0 aliphatic rings.